The van der Waals surface area contributed by atoms with E-state index in [4.69, 9.17) is 4.74 Å². The van der Waals surface area contributed by atoms with Crippen molar-refractivity contribution >= 4 is 11.7 Å². The van der Waals surface area contributed by atoms with Gasteiger partial charge in [0.25, 0.3) is 0 Å². The van der Waals surface area contributed by atoms with Gasteiger partial charge in [0.1, 0.15) is 5.82 Å². The average Bonchev–Trinajstić information content (AvgIpc) is 2.87. The van der Waals surface area contributed by atoms with E-state index in [1.165, 1.54) is 12.1 Å². The lowest BCUT2D eigenvalue weighted by atomic mass is 9.92. The zero-order valence-corrected chi connectivity index (χ0v) is 21.3. The topological polar surface area (TPSA) is 38.3 Å². The van der Waals surface area contributed by atoms with Gasteiger partial charge in [-0.2, -0.15) is 26.3 Å². The number of halogens is 7. The molecule has 0 aliphatic carbocycles. The van der Waals surface area contributed by atoms with Crippen LogP contribution in [-0.4, -0.2) is 12.6 Å². The maximum Gasteiger partial charge on any atom is 0.416 e. The first-order chi connectivity index (χ1) is 18.3. The van der Waals surface area contributed by atoms with Crippen molar-refractivity contribution in [3.63, 3.8) is 0 Å². The summed E-state index contributed by atoms with van der Waals surface area (Å²) < 4.78 is 98.2. The molecular weight excluding hydrogens is 527 g/mol. The number of carbonyl (C=O) groups is 1. The van der Waals surface area contributed by atoms with Crippen LogP contribution in [0.4, 0.5) is 36.4 Å². The third kappa shape index (κ3) is 8.21. The summed E-state index contributed by atoms with van der Waals surface area (Å²) in [5.41, 5.74) is -0.107. The molecule has 0 heterocycles. The van der Waals surface area contributed by atoms with E-state index in [-0.39, 0.29) is 31.1 Å². The Morgan fingerprint density at radius 1 is 0.872 bits per heavy atom. The monoisotopic (exact) mass is 555 g/mol. The number of hydrogen-bond acceptors (Lipinski definition) is 3. The molecule has 1 atom stereocenters. The standard InChI is InChI=1S/C29H28F7NO2/c1-3-5-20(27(38)39-4-2)12-18-13-22(19-6-9-23(10-7-19)28(31,32)33)15-25(14-18)37-17-21-8-11-24(30)16-26(21)29(34,35)36/h6-11,13-16,20,37H,3-5,12,17H2,1-2H3. The zero-order valence-electron chi connectivity index (χ0n) is 21.3. The van der Waals surface area contributed by atoms with Gasteiger partial charge in [-0.25, -0.2) is 4.39 Å². The molecule has 0 bridgehead atoms. The third-order valence-electron chi connectivity index (χ3n) is 6.14. The van der Waals surface area contributed by atoms with Gasteiger partial charge in [0, 0.05) is 12.2 Å². The molecular formula is C29H28F7NO2. The number of alkyl halides is 6. The predicted octanol–water partition coefficient (Wildman–Crippen LogP) is 8.66. The normalized spacial score (nSPS) is 12.7. The highest BCUT2D eigenvalue weighted by molar-refractivity contribution is 5.74. The van der Waals surface area contributed by atoms with Gasteiger partial charge in [0.05, 0.1) is 23.7 Å². The van der Waals surface area contributed by atoms with E-state index in [2.05, 4.69) is 5.32 Å². The highest BCUT2D eigenvalue weighted by Gasteiger charge is 2.34. The largest absolute Gasteiger partial charge is 0.466 e. The van der Waals surface area contributed by atoms with Crippen molar-refractivity contribution in [2.24, 2.45) is 5.92 Å². The van der Waals surface area contributed by atoms with Crippen molar-refractivity contribution in [3.8, 4) is 11.1 Å². The van der Waals surface area contributed by atoms with Crippen molar-refractivity contribution < 1.29 is 40.3 Å². The molecule has 0 saturated heterocycles. The first kappa shape index (κ1) is 30.0. The number of carbonyl (C=O) groups excluding carboxylic acids is 1. The summed E-state index contributed by atoms with van der Waals surface area (Å²) in [5.74, 6) is -1.87. The van der Waals surface area contributed by atoms with Gasteiger partial charge in [-0.1, -0.05) is 37.6 Å². The van der Waals surface area contributed by atoms with Crippen LogP contribution in [0, 0.1) is 11.7 Å². The van der Waals surface area contributed by atoms with Crippen LogP contribution in [0.2, 0.25) is 0 Å². The molecule has 210 valence electrons. The minimum Gasteiger partial charge on any atom is -0.466 e. The number of benzene rings is 3. The van der Waals surface area contributed by atoms with Crippen LogP contribution in [0.5, 0.6) is 0 Å². The molecule has 0 spiro atoms. The molecule has 0 amide bonds. The number of rotatable bonds is 10. The average molecular weight is 556 g/mol. The van der Waals surface area contributed by atoms with Crippen molar-refractivity contribution in [2.75, 3.05) is 11.9 Å². The van der Waals surface area contributed by atoms with Gasteiger partial charge in [-0.15, -0.1) is 0 Å². The van der Waals surface area contributed by atoms with E-state index in [0.717, 1.165) is 24.3 Å². The second kappa shape index (κ2) is 12.5. The molecule has 0 aromatic heterocycles. The fourth-order valence-corrected chi connectivity index (χ4v) is 4.29. The lowest BCUT2D eigenvalue weighted by Gasteiger charge is -2.18. The Morgan fingerprint density at radius 2 is 1.56 bits per heavy atom. The Hall–Kier alpha value is -3.56. The minimum absolute atomic E-state index is 0.180. The lowest BCUT2D eigenvalue weighted by molar-refractivity contribution is -0.148. The van der Waals surface area contributed by atoms with Gasteiger partial charge >= 0.3 is 18.3 Å². The highest BCUT2D eigenvalue weighted by Crippen LogP contribution is 2.35. The molecule has 39 heavy (non-hydrogen) atoms. The summed E-state index contributed by atoms with van der Waals surface area (Å²) >= 11 is 0. The lowest BCUT2D eigenvalue weighted by Crippen LogP contribution is -2.20. The summed E-state index contributed by atoms with van der Waals surface area (Å²) in [5, 5.41) is 2.92. The van der Waals surface area contributed by atoms with E-state index in [9.17, 15) is 35.5 Å². The third-order valence-corrected chi connectivity index (χ3v) is 6.14. The maximum absolute atomic E-state index is 13.5. The summed E-state index contributed by atoms with van der Waals surface area (Å²) in [7, 11) is 0. The fourth-order valence-electron chi connectivity index (χ4n) is 4.29. The molecule has 0 aliphatic heterocycles. The van der Waals surface area contributed by atoms with Crippen molar-refractivity contribution in [1.82, 2.24) is 0 Å². The number of nitrogens with one attached hydrogen (secondary N) is 1. The summed E-state index contributed by atoms with van der Waals surface area (Å²) in [6.45, 7) is 3.52. The number of esters is 1. The van der Waals surface area contributed by atoms with Crippen LogP contribution >= 0.6 is 0 Å². The van der Waals surface area contributed by atoms with Crippen molar-refractivity contribution in [3.05, 3.63) is 88.7 Å². The predicted molar refractivity (Wildman–Crippen MR) is 134 cm³/mol. The van der Waals surface area contributed by atoms with Crippen molar-refractivity contribution in [2.45, 2.75) is 52.0 Å². The second-order valence-electron chi connectivity index (χ2n) is 9.09. The van der Waals surface area contributed by atoms with Gasteiger partial charge in [-0.3, -0.25) is 4.79 Å². The van der Waals surface area contributed by atoms with E-state index < -0.39 is 35.2 Å². The van der Waals surface area contributed by atoms with Crippen LogP contribution < -0.4 is 5.32 Å². The van der Waals surface area contributed by atoms with Gasteiger partial charge < -0.3 is 10.1 Å². The summed E-state index contributed by atoms with van der Waals surface area (Å²) in [4.78, 5) is 12.5. The SMILES string of the molecule is CCCC(Cc1cc(NCc2ccc(F)cc2C(F)(F)F)cc(-c2ccc(C(F)(F)F)cc2)c1)C(=O)OCC. The zero-order chi connectivity index (χ0) is 28.8. The minimum atomic E-state index is -4.76. The summed E-state index contributed by atoms with van der Waals surface area (Å²) in [6, 6.07) is 11.9. The van der Waals surface area contributed by atoms with E-state index in [0.29, 0.717) is 41.3 Å². The second-order valence-corrected chi connectivity index (χ2v) is 9.09. The van der Waals surface area contributed by atoms with Crippen LogP contribution in [0.25, 0.3) is 11.1 Å². The highest BCUT2D eigenvalue weighted by atomic mass is 19.4. The van der Waals surface area contributed by atoms with Crippen LogP contribution in [0.3, 0.4) is 0 Å². The van der Waals surface area contributed by atoms with E-state index in [1.807, 2.05) is 6.92 Å². The Bertz CT molecular complexity index is 1270. The molecule has 3 aromatic rings. The Labute approximate surface area is 222 Å². The smallest absolute Gasteiger partial charge is 0.416 e. The molecule has 1 N–H and O–H groups in total. The van der Waals surface area contributed by atoms with Crippen LogP contribution in [0.1, 0.15) is 48.9 Å². The molecule has 0 saturated carbocycles. The fraction of sp³-hybridized carbons (Fsp3) is 0.345. The van der Waals surface area contributed by atoms with Gasteiger partial charge in [-0.05, 0) is 78.4 Å². The molecule has 0 aliphatic rings. The van der Waals surface area contributed by atoms with Crippen LogP contribution in [-0.2, 0) is 34.8 Å². The molecule has 3 rings (SSSR count). The number of ether oxygens (including phenoxy) is 1. The quantitative estimate of drug-likeness (QED) is 0.201. The number of hydrogen-bond donors (Lipinski definition) is 1. The maximum atomic E-state index is 13.5. The molecule has 0 radical (unpaired) electrons. The molecule has 0 fully saturated rings. The first-order valence-corrected chi connectivity index (χ1v) is 12.4. The number of anilines is 1. The Morgan fingerprint density at radius 3 is 2.15 bits per heavy atom. The van der Waals surface area contributed by atoms with E-state index in [1.54, 1.807) is 25.1 Å². The van der Waals surface area contributed by atoms with E-state index >= 15 is 0 Å². The first-order valence-electron chi connectivity index (χ1n) is 12.4. The molecule has 1 unspecified atom stereocenters. The van der Waals surface area contributed by atoms with Gasteiger partial charge in [0.15, 0.2) is 0 Å². The Balaban J connectivity index is 1.99. The van der Waals surface area contributed by atoms with Gasteiger partial charge in [0.2, 0.25) is 0 Å². The molecule has 10 heteroatoms. The van der Waals surface area contributed by atoms with Crippen molar-refractivity contribution in [1.29, 1.82) is 0 Å². The van der Waals surface area contributed by atoms with Crippen LogP contribution in [0.15, 0.2) is 60.7 Å². The summed E-state index contributed by atoms with van der Waals surface area (Å²) in [6.07, 6.45) is -7.76. The Kier molecular flexibility index (Phi) is 9.63. The molecule has 3 nitrogen and oxygen atoms in total. The molecule has 3 aromatic carbocycles.